The Morgan fingerprint density at radius 3 is 2.28 bits per heavy atom. The second-order valence-corrected chi connectivity index (χ2v) is 13.0. The summed E-state index contributed by atoms with van der Waals surface area (Å²) in [5.74, 6) is 2.21. The third-order valence-corrected chi connectivity index (χ3v) is 10.1. The number of hydrogen-bond acceptors (Lipinski definition) is 9. The SMILES string of the molecule is COc1cc2nc3c(c4c2c(c1OC)N(C(=O)CN1CCN(C)CC1)CC4)Cc1cc(OCCCN2CCN(C)CC2)ccc1-3.Cl. The first-order valence-corrected chi connectivity index (χ1v) is 16.4. The first-order chi connectivity index (χ1) is 21.9. The van der Waals surface area contributed by atoms with Crippen molar-refractivity contribution in [3.8, 4) is 28.5 Å². The summed E-state index contributed by atoms with van der Waals surface area (Å²) >= 11 is 0. The maximum Gasteiger partial charge on any atom is 0.241 e. The molecule has 4 aliphatic rings. The first-order valence-electron chi connectivity index (χ1n) is 16.4. The summed E-state index contributed by atoms with van der Waals surface area (Å²) in [5.41, 5.74) is 7.59. The highest BCUT2D eigenvalue weighted by Gasteiger charge is 2.35. The topological polar surface area (TPSA) is 73.8 Å². The lowest BCUT2D eigenvalue weighted by atomic mass is 9.92. The van der Waals surface area contributed by atoms with Crippen molar-refractivity contribution in [1.82, 2.24) is 24.6 Å². The van der Waals surface area contributed by atoms with Crippen molar-refractivity contribution < 1.29 is 19.0 Å². The van der Waals surface area contributed by atoms with Gasteiger partial charge in [0.05, 0.1) is 44.3 Å². The van der Waals surface area contributed by atoms with E-state index in [1.54, 1.807) is 14.2 Å². The number of ether oxygens (including phenoxy) is 3. The van der Waals surface area contributed by atoms with Crippen LogP contribution in [0.15, 0.2) is 24.3 Å². The van der Waals surface area contributed by atoms with E-state index in [1.807, 2.05) is 11.0 Å². The predicted molar refractivity (Wildman–Crippen MR) is 184 cm³/mol. The maximum atomic E-state index is 13.9. The summed E-state index contributed by atoms with van der Waals surface area (Å²) in [6.07, 6.45) is 2.61. The second-order valence-electron chi connectivity index (χ2n) is 13.0. The molecule has 0 bridgehead atoms. The zero-order valence-corrected chi connectivity index (χ0v) is 28.5. The van der Waals surface area contributed by atoms with E-state index in [9.17, 15) is 4.79 Å². The molecule has 0 atom stereocenters. The van der Waals surface area contributed by atoms with E-state index in [0.29, 0.717) is 31.2 Å². The number of anilines is 1. The molecule has 1 amide bonds. The Morgan fingerprint density at radius 2 is 1.59 bits per heavy atom. The molecule has 0 spiro atoms. The van der Waals surface area contributed by atoms with Crippen LogP contribution in [0, 0.1) is 0 Å². The molecule has 248 valence electrons. The number of amides is 1. The van der Waals surface area contributed by atoms with Crippen LogP contribution in [0.1, 0.15) is 23.1 Å². The molecule has 4 heterocycles. The predicted octanol–water partition coefficient (Wildman–Crippen LogP) is 3.40. The van der Waals surface area contributed by atoms with Gasteiger partial charge in [0, 0.05) is 88.9 Å². The van der Waals surface area contributed by atoms with E-state index >= 15 is 0 Å². The maximum absolute atomic E-state index is 13.9. The van der Waals surface area contributed by atoms with Gasteiger partial charge in [-0.3, -0.25) is 9.69 Å². The lowest BCUT2D eigenvalue weighted by Crippen LogP contribution is -2.49. The van der Waals surface area contributed by atoms with Gasteiger partial charge in [-0.15, -0.1) is 12.4 Å². The Hall–Kier alpha value is -3.15. The van der Waals surface area contributed by atoms with E-state index in [2.05, 4.69) is 51.9 Å². The van der Waals surface area contributed by atoms with Gasteiger partial charge in [0.1, 0.15) is 5.75 Å². The van der Waals surface area contributed by atoms with E-state index in [1.165, 1.54) is 16.7 Å². The number of methoxy groups -OCH3 is 2. The number of halogens is 1. The minimum absolute atomic E-state index is 0. The van der Waals surface area contributed by atoms with Gasteiger partial charge in [-0.2, -0.15) is 0 Å². The molecule has 10 nitrogen and oxygen atoms in total. The van der Waals surface area contributed by atoms with Gasteiger partial charge >= 0.3 is 0 Å². The third-order valence-electron chi connectivity index (χ3n) is 10.1. The average Bonchev–Trinajstić information content (AvgIpc) is 3.42. The standard InChI is InChI=1S/C35H46N6O4.ClH/c1-37-11-15-39(16-12-37)9-5-19-45-25-6-7-26-24(20-25)21-28-27-8-10-41(31(42)23-40-17-13-38(2)14-18-40)34-32(27)29(36-33(26)28)22-30(43-3)35(34)44-4;/h6-7,20,22H,5,8-19,21,23H2,1-4H3;1H. The molecule has 2 saturated heterocycles. The van der Waals surface area contributed by atoms with E-state index in [4.69, 9.17) is 19.2 Å². The lowest BCUT2D eigenvalue weighted by molar-refractivity contribution is -0.120. The Bertz CT molecular complexity index is 1590. The summed E-state index contributed by atoms with van der Waals surface area (Å²) in [6.45, 7) is 11.1. The van der Waals surface area contributed by atoms with Crippen molar-refractivity contribution in [3.05, 3.63) is 41.0 Å². The number of carbonyl (C=O) groups excluding carboxylic acids is 1. The highest BCUT2D eigenvalue weighted by molar-refractivity contribution is 6.10. The molecular weight excluding hydrogens is 604 g/mol. The molecule has 0 radical (unpaired) electrons. The van der Waals surface area contributed by atoms with Crippen molar-refractivity contribution in [2.24, 2.45) is 0 Å². The Morgan fingerprint density at radius 1 is 0.870 bits per heavy atom. The molecule has 3 aliphatic heterocycles. The number of piperazine rings is 2. The summed E-state index contributed by atoms with van der Waals surface area (Å²) in [6, 6.07) is 8.41. The number of nitrogens with zero attached hydrogens (tertiary/aromatic N) is 6. The molecule has 0 unspecified atom stereocenters. The van der Waals surface area contributed by atoms with Gasteiger partial charge in [0.2, 0.25) is 5.91 Å². The molecule has 0 saturated carbocycles. The van der Waals surface area contributed by atoms with Crippen LogP contribution in [0.4, 0.5) is 5.69 Å². The smallest absolute Gasteiger partial charge is 0.241 e. The summed E-state index contributed by atoms with van der Waals surface area (Å²) in [7, 11) is 7.62. The van der Waals surface area contributed by atoms with E-state index in [0.717, 1.165) is 112 Å². The average molecular weight is 651 g/mol. The molecule has 1 aromatic heterocycles. The fraction of sp³-hybridized carbons (Fsp3) is 0.543. The Balaban J connectivity index is 0.00000372. The van der Waals surface area contributed by atoms with Gasteiger partial charge in [0.25, 0.3) is 0 Å². The van der Waals surface area contributed by atoms with Crippen LogP contribution in [0.5, 0.6) is 17.2 Å². The van der Waals surface area contributed by atoms with Crippen LogP contribution in [0.2, 0.25) is 0 Å². The molecule has 7 rings (SSSR count). The molecule has 0 N–H and O–H groups in total. The minimum atomic E-state index is 0. The highest BCUT2D eigenvalue weighted by atomic mass is 35.5. The number of pyridine rings is 1. The zero-order valence-electron chi connectivity index (χ0n) is 27.6. The van der Waals surface area contributed by atoms with Gasteiger partial charge < -0.3 is 33.8 Å². The monoisotopic (exact) mass is 650 g/mol. The summed E-state index contributed by atoms with van der Waals surface area (Å²) < 4.78 is 18.0. The second kappa shape index (κ2) is 13.9. The molecular formula is C35H47ClN6O4. The van der Waals surface area contributed by atoms with E-state index < -0.39 is 0 Å². The number of hydrogen-bond donors (Lipinski definition) is 0. The van der Waals surface area contributed by atoms with Crippen LogP contribution >= 0.6 is 12.4 Å². The third kappa shape index (κ3) is 6.25. The van der Waals surface area contributed by atoms with Gasteiger partial charge in [-0.1, -0.05) is 0 Å². The minimum Gasteiger partial charge on any atom is -0.494 e. The van der Waals surface area contributed by atoms with Crippen LogP contribution in [-0.2, 0) is 17.6 Å². The summed E-state index contributed by atoms with van der Waals surface area (Å²) in [5, 5.41) is 1.01. The number of likely N-dealkylation sites (N-methyl/N-ethyl adjacent to an activating group) is 2. The fourth-order valence-corrected chi connectivity index (χ4v) is 7.42. The van der Waals surface area contributed by atoms with Crippen molar-refractivity contribution in [3.63, 3.8) is 0 Å². The van der Waals surface area contributed by atoms with Crippen LogP contribution in [0.3, 0.4) is 0 Å². The normalized spacial score (nSPS) is 18.7. The van der Waals surface area contributed by atoms with Crippen LogP contribution in [-0.4, -0.2) is 137 Å². The number of aromatic nitrogens is 1. The molecule has 46 heavy (non-hydrogen) atoms. The van der Waals surface area contributed by atoms with Crippen molar-refractivity contribution in [2.45, 2.75) is 19.3 Å². The lowest BCUT2D eigenvalue weighted by Gasteiger charge is -2.36. The highest BCUT2D eigenvalue weighted by Crippen LogP contribution is 2.50. The molecule has 3 aromatic rings. The molecule has 2 aromatic carbocycles. The van der Waals surface area contributed by atoms with Crippen LogP contribution in [0.25, 0.3) is 22.2 Å². The Kier molecular flexibility index (Phi) is 9.91. The number of rotatable bonds is 9. The number of fused-ring (bicyclic) bond motifs is 4. The zero-order chi connectivity index (χ0) is 31.1. The van der Waals surface area contributed by atoms with Crippen LogP contribution < -0.4 is 19.1 Å². The van der Waals surface area contributed by atoms with E-state index in [-0.39, 0.29) is 18.3 Å². The van der Waals surface area contributed by atoms with Crippen molar-refractivity contribution in [2.75, 3.05) is 112 Å². The number of carbonyl (C=O) groups is 1. The van der Waals surface area contributed by atoms with Crippen molar-refractivity contribution in [1.29, 1.82) is 0 Å². The van der Waals surface area contributed by atoms with Crippen molar-refractivity contribution >= 4 is 34.9 Å². The Labute approximate surface area is 278 Å². The van der Waals surface area contributed by atoms with Gasteiger partial charge in [-0.05, 0) is 61.8 Å². The molecule has 11 heteroatoms. The number of benzene rings is 2. The quantitative estimate of drug-likeness (QED) is 0.254. The molecule has 2 fully saturated rings. The fourth-order valence-electron chi connectivity index (χ4n) is 7.42. The first kappa shape index (κ1) is 32.8. The largest absolute Gasteiger partial charge is 0.494 e. The van der Waals surface area contributed by atoms with Gasteiger partial charge in [-0.25, -0.2) is 4.98 Å². The summed E-state index contributed by atoms with van der Waals surface area (Å²) in [4.78, 5) is 30.5. The van der Waals surface area contributed by atoms with Gasteiger partial charge in [0.15, 0.2) is 11.5 Å². The molecule has 1 aliphatic carbocycles.